The van der Waals surface area contributed by atoms with E-state index in [9.17, 15) is 9.59 Å². The van der Waals surface area contributed by atoms with Gasteiger partial charge in [-0.15, -0.1) is 0 Å². The molecule has 4 aromatic rings. The molecule has 4 rings (SSSR count). The predicted molar refractivity (Wildman–Crippen MR) is 128 cm³/mol. The summed E-state index contributed by atoms with van der Waals surface area (Å²) in [5.41, 5.74) is 1.18. The summed E-state index contributed by atoms with van der Waals surface area (Å²) in [5, 5.41) is 6.85. The number of halogens is 1. The highest BCUT2D eigenvalue weighted by Gasteiger charge is 2.22. The number of benzene rings is 3. The van der Waals surface area contributed by atoms with Gasteiger partial charge in [0.05, 0.1) is 36.1 Å². The van der Waals surface area contributed by atoms with Crippen molar-refractivity contribution in [3.05, 3.63) is 88.8 Å². The van der Waals surface area contributed by atoms with Gasteiger partial charge in [0.1, 0.15) is 0 Å². The molecular weight excluding hydrogens is 474 g/mol. The molecule has 0 bridgehead atoms. The quantitative estimate of drug-likeness (QED) is 0.340. The summed E-state index contributed by atoms with van der Waals surface area (Å²) in [6.07, 6.45) is 0. The molecular formula is C25H20ClN3O6. The average Bonchev–Trinajstić information content (AvgIpc) is 3.37. The molecule has 0 aliphatic carbocycles. The summed E-state index contributed by atoms with van der Waals surface area (Å²) in [5.74, 6) is -0.196. The largest absolute Gasteiger partial charge is 0.493 e. The number of ether oxygens (including phenoxy) is 3. The first kappa shape index (κ1) is 23.8. The van der Waals surface area contributed by atoms with Crippen molar-refractivity contribution >= 4 is 29.2 Å². The lowest BCUT2D eigenvalue weighted by molar-refractivity contribution is 0.0430. The van der Waals surface area contributed by atoms with Crippen LogP contribution in [0.25, 0.3) is 11.4 Å². The smallest absolute Gasteiger partial charge is 0.340 e. The van der Waals surface area contributed by atoms with Crippen LogP contribution in [0.3, 0.4) is 0 Å². The molecule has 1 aromatic heterocycles. The van der Waals surface area contributed by atoms with E-state index in [-0.39, 0.29) is 40.1 Å². The summed E-state index contributed by atoms with van der Waals surface area (Å²) < 4.78 is 21.2. The van der Waals surface area contributed by atoms with Crippen LogP contribution in [0, 0.1) is 0 Å². The van der Waals surface area contributed by atoms with Crippen molar-refractivity contribution < 1.29 is 28.3 Å². The topological polar surface area (TPSA) is 113 Å². The van der Waals surface area contributed by atoms with E-state index >= 15 is 0 Å². The van der Waals surface area contributed by atoms with Gasteiger partial charge in [0, 0.05) is 17.7 Å². The lowest BCUT2D eigenvalue weighted by atomic mass is 10.1. The maximum atomic E-state index is 13.0. The first-order chi connectivity index (χ1) is 17.0. The van der Waals surface area contributed by atoms with E-state index in [1.807, 2.05) is 30.3 Å². The number of hydrogen-bond acceptors (Lipinski definition) is 8. The molecule has 0 spiro atoms. The fourth-order valence-corrected chi connectivity index (χ4v) is 3.43. The fraction of sp³-hybridized carbons (Fsp3) is 0.120. The van der Waals surface area contributed by atoms with Gasteiger partial charge in [0.2, 0.25) is 5.82 Å². The third-order valence-corrected chi connectivity index (χ3v) is 5.27. The number of rotatable bonds is 8. The minimum absolute atomic E-state index is 0.0332. The van der Waals surface area contributed by atoms with Gasteiger partial charge in [0.25, 0.3) is 11.8 Å². The first-order valence-electron chi connectivity index (χ1n) is 10.4. The number of aromatic nitrogens is 2. The summed E-state index contributed by atoms with van der Waals surface area (Å²) >= 11 is 6.14. The number of methoxy groups -OCH3 is 2. The van der Waals surface area contributed by atoms with Gasteiger partial charge in [-0.05, 0) is 12.1 Å². The number of anilines is 1. The van der Waals surface area contributed by atoms with E-state index in [0.717, 1.165) is 5.56 Å². The number of carbonyl (C=O) groups excluding carboxylic acids is 2. The highest BCUT2D eigenvalue weighted by molar-refractivity contribution is 6.34. The zero-order valence-corrected chi connectivity index (χ0v) is 19.5. The second-order valence-electron chi connectivity index (χ2n) is 7.14. The molecule has 1 amide bonds. The molecule has 0 radical (unpaired) electrons. The van der Waals surface area contributed by atoms with Gasteiger partial charge in [0.15, 0.2) is 18.1 Å². The molecule has 0 saturated carbocycles. The lowest BCUT2D eigenvalue weighted by Gasteiger charge is -2.15. The highest BCUT2D eigenvalue weighted by atomic mass is 35.5. The van der Waals surface area contributed by atoms with Crippen LogP contribution in [-0.2, 0) is 11.3 Å². The molecule has 9 nitrogen and oxygen atoms in total. The highest BCUT2D eigenvalue weighted by Crippen LogP contribution is 2.34. The van der Waals surface area contributed by atoms with E-state index in [4.69, 9.17) is 30.3 Å². The van der Waals surface area contributed by atoms with Crippen LogP contribution >= 0.6 is 11.6 Å². The van der Waals surface area contributed by atoms with Crippen LogP contribution in [0.2, 0.25) is 5.02 Å². The first-order valence-corrected chi connectivity index (χ1v) is 10.7. The number of hydrogen-bond donors (Lipinski definition) is 1. The zero-order valence-electron chi connectivity index (χ0n) is 18.8. The van der Waals surface area contributed by atoms with Crippen molar-refractivity contribution in [3.8, 4) is 22.9 Å². The van der Waals surface area contributed by atoms with Crippen molar-refractivity contribution in [2.24, 2.45) is 0 Å². The molecule has 35 heavy (non-hydrogen) atoms. The minimum atomic E-state index is -0.750. The molecule has 0 fully saturated rings. The van der Waals surface area contributed by atoms with Crippen molar-refractivity contribution in [2.75, 3.05) is 19.5 Å². The normalized spacial score (nSPS) is 10.5. The van der Waals surface area contributed by atoms with Crippen LogP contribution in [-0.4, -0.2) is 36.2 Å². The van der Waals surface area contributed by atoms with Crippen molar-refractivity contribution in [1.29, 1.82) is 0 Å². The van der Waals surface area contributed by atoms with E-state index < -0.39 is 11.9 Å². The van der Waals surface area contributed by atoms with Crippen LogP contribution in [0.15, 0.2) is 71.3 Å². The average molecular weight is 494 g/mol. The molecule has 0 aliphatic heterocycles. The van der Waals surface area contributed by atoms with Crippen molar-refractivity contribution in [2.45, 2.75) is 6.61 Å². The Morgan fingerprint density at radius 2 is 1.63 bits per heavy atom. The van der Waals surface area contributed by atoms with Crippen molar-refractivity contribution in [3.63, 3.8) is 0 Å². The van der Waals surface area contributed by atoms with E-state index in [2.05, 4.69) is 15.5 Å². The van der Waals surface area contributed by atoms with Crippen LogP contribution in [0.4, 0.5) is 5.69 Å². The van der Waals surface area contributed by atoms with Gasteiger partial charge in [-0.2, -0.15) is 4.98 Å². The molecule has 0 saturated heterocycles. The van der Waals surface area contributed by atoms with Gasteiger partial charge in [-0.3, -0.25) is 4.79 Å². The maximum Gasteiger partial charge on any atom is 0.340 e. The second-order valence-corrected chi connectivity index (χ2v) is 7.55. The molecule has 10 heteroatoms. The van der Waals surface area contributed by atoms with Gasteiger partial charge in [-0.25, -0.2) is 4.79 Å². The Labute approximate surface area is 205 Å². The molecule has 3 aromatic carbocycles. The standard InChI is InChI=1S/C25H20ClN3O6/c1-32-20-12-17(19(13-21(20)33-2)27-24(30)16-10-6-7-11-18(16)26)25(31)34-14-22-28-23(29-35-22)15-8-4-3-5-9-15/h3-13H,14H2,1-2H3,(H,27,30). The number of carbonyl (C=O) groups is 2. The third kappa shape index (κ3) is 5.42. The summed E-state index contributed by atoms with van der Waals surface area (Å²) in [6.45, 7) is -0.273. The van der Waals surface area contributed by atoms with Gasteiger partial charge in [-0.1, -0.05) is 59.2 Å². The fourth-order valence-electron chi connectivity index (χ4n) is 3.21. The van der Waals surface area contributed by atoms with Crippen LogP contribution in [0.1, 0.15) is 26.6 Å². The lowest BCUT2D eigenvalue weighted by Crippen LogP contribution is -2.17. The molecule has 1 heterocycles. The third-order valence-electron chi connectivity index (χ3n) is 4.94. The Balaban J connectivity index is 1.56. The Hall–Kier alpha value is -4.37. The van der Waals surface area contributed by atoms with E-state index in [1.54, 1.807) is 24.3 Å². The summed E-state index contributed by atoms with van der Waals surface area (Å²) in [6, 6.07) is 18.6. The predicted octanol–water partition coefficient (Wildman–Crippen LogP) is 5.02. The Morgan fingerprint density at radius 3 is 2.34 bits per heavy atom. The number of esters is 1. The minimum Gasteiger partial charge on any atom is -0.493 e. The monoisotopic (exact) mass is 493 g/mol. The van der Waals surface area contributed by atoms with Gasteiger partial charge < -0.3 is 24.1 Å². The number of nitrogens with one attached hydrogen (secondary N) is 1. The summed E-state index contributed by atoms with van der Waals surface area (Å²) in [7, 11) is 2.87. The maximum absolute atomic E-state index is 13.0. The van der Waals surface area contributed by atoms with Crippen LogP contribution in [0.5, 0.6) is 11.5 Å². The van der Waals surface area contributed by atoms with E-state index in [1.165, 1.54) is 26.4 Å². The molecule has 0 aliphatic rings. The number of nitrogens with zero attached hydrogens (tertiary/aromatic N) is 2. The van der Waals surface area contributed by atoms with E-state index in [0.29, 0.717) is 11.6 Å². The van der Waals surface area contributed by atoms with Crippen molar-refractivity contribution in [1.82, 2.24) is 10.1 Å². The SMILES string of the molecule is COc1cc(NC(=O)c2ccccc2Cl)c(C(=O)OCc2nc(-c3ccccc3)no2)cc1OC. The molecule has 0 atom stereocenters. The zero-order chi connectivity index (χ0) is 24.8. The second kappa shape index (κ2) is 10.7. The molecule has 0 unspecified atom stereocenters. The van der Waals surface area contributed by atoms with Gasteiger partial charge >= 0.3 is 5.97 Å². The summed E-state index contributed by atoms with van der Waals surface area (Å²) in [4.78, 5) is 30.1. The Kier molecular flexibility index (Phi) is 7.27. The Bertz CT molecular complexity index is 1360. The Morgan fingerprint density at radius 1 is 0.943 bits per heavy atom. The van der Waals surface area contributed by atoms with Crippen LogP contribution < -0.4 is 14.8 Å². The molecule has 178 valence electrons. The number of amides is 1. The molecule has 1 N–H and O–H groups in total.